The quantitative estimate of drug-likeness (QED) is 0.656. The number of likely N-dealkylation sites (N-methyl/N-ethyl adjacent to an activating group) is 1. The summed E-state index contributed by atoms with van der Waals surface area (Å²) < 4.78 is 29.1. The first kappa shape index (κ1) is 18.9. The number of amides is 1. The van der Waals surface area contributed by atoms with E-state index >= 15 is 0 Å². The van der Waals surface area contributed by atoms with Crippen molar-refractivity contribution < 1.29 is 22.7 Å². The van der Waals surface area contributed by atoms with Gasteiger partial charge in [-0.1, -0.05) is 28.1 Å². The molecule has 24 heavy (non-hydrogen) atoms. The highest BCUT2D eigenvalue weighted by molar-refractivity contribution is 9.10. The molecule has 0 unspecified atom stereocenters. The van der Waals surface area contributed by atoms with Crippen LogP contribution in [0.3, 0.4) is 0 Å². The predicted octanol–water partition coefficient (Wildman–Crippen LogP) is 1.57. The molecule has 0 N–H and O–H groups in total. The van der Waals surface area contributed by atoms with Gasteiger partial charge in [-0.05, 0) is 31.0 Å². The Morgan fingerprint density at radius 3 is 2.50 bits per heavy atom. The first-order chi connectivity index (χ1) is 11.3. The average Bonchev–Trinajstić information content (AvgIpc) is 2.88. The number of benzene rings is 1. The second-order valence-electron chi connectivity index (χ2n) is 5.70. The van der Waals surface area contributed by atoms with Crippen molar-refractivity contribution in [3.8, 4) is 0 Å². The fourth-order valence-electron chi connectivity index (χ4n) is 2.70. The van der Waals surface area contributed by atoms with Crippen molar-refractivity contribution >= 4 is 37.6 Å². The molecule has 0 radical (unpaired) electrons. The first-order valence-electron chi connectivity index (χ1n) is 7.70. The van der Waals surface area contributed by atoms with E-state index in [0.29, 0.717) is 13.0 Å². The average molecular weight is 418 g/mol. The van der Waals surface area contributed by atoms with Gasteiger partial charge in [0.15, 0.2) is 16.4 Å². The highest BCUT2D eigenvalue weighted by atomic mass is 79.9. The van der Waals surface area contributed by atoms with Gasteiger partial charge in [0, 0.05) is 17.1 Å². The summed E-state index contributed by atoms with van der Waals surface area (Å²) in [6.07, 6.45) is 0.527. The summed E-state index contributed by atoms with van der Waals surface area (Å²) in [6, 6.07) is 6.93. The van der Waals surface area contributed by atoms with E-state index in [1.54, 1.807) is 19.1 Å². The van der Waals surface area contributed by atoms with Gasteiger partial charge in [0.2, 0.25) is 0 Å². The highest BCUT2D eigenvalue weighted by Gasteiger charge is 2.34. The zero-order chi connectivity index (χ0) is 17.7. The van der Waals surface area contributed by atoms with Crippen molar-refractivity contribution in [2.75, 3.05) is 24.7 Å². The third-order valence-electron chi connectivity index (χ3n) is 3.93. The summed E-state index contributed by atoms with van der Waals surface area (Å²) in [5, 5.41) is 0. The minimum Gasteiger partial charge on any atom is -0.455 e. The number of hydrogen-bond acceptors (Lipinski definition) is 5. The second-order valence-corrected chi connectivity index (χ2v) is 8.84. The van der Waals surface area contributed by atoms with Gasteiger partial charge in [0.1, 0.15) is 0 Å². The minimum absolute atomic E-state index is 0.0145. The van der Waals surface area contributed by atoms with E-state index < -0.39 is 15.8 Å². The van der Waals surface area contributed by atoms with Crippen LogP contribution in [0.2, 0.25) is 0 Å². The Morgan fingerprint density at radius 2 is 1.96 bits per heavy atom. The lowest BCUT2D eigenvalue weighted by molar-refractivity contribution is -0.152. The van der Waals surface area contributed by atoms with Crippen LogP contribution in [0, 0.1) is 0 Å². The van der Waals surface area contributed by atoms with E-state index in [1.165, 1.54) is 4.90 Å². The van der Waals surface area contributed by atoms with Crippen LogP contribution in [0.25, 0.3) is 0 Å². The molecule has 1 atom stereocenters. The number of sulfone groups is 1. The lowest BCUT2D eigenvalue weighted by atomic mass is 10.2. The molecular weight excluding hydrogens is 398 g/mol. The molecule has 132 valence electrons. The van der Waals surface area contributed by atoms with E-state index in [-0.39, 0.29) is 36.5 Å². The number of hydrogen-bond donors (Lipinski definition) is 0. The van der Waals surface area contributed by atoms with E-state index in [2.05, 4.69) is 15.9 Å². The largest absolute Gasteiger partial charge is 0.455 e. The Balaban J connectivity index is 1.84. The van der Waals surface area contributed by atoms with Crippen LogP contribution in [-0.4, -0.2) is 55.9 Å². The van der Waals surface area contributed by atoms with Crippen LogP contribution in [0.4, 0.5) is 0 Å². The molecule has 1 heterocycles. The van der Waals surface area contributed by atoms with Gasteiger partial charge in [0.25, 0.3) is 5.91 Å². The third kappa shape index (κ3) is 5.31. The van der Waals surface area contributed by atoms with Gasteiger partial charge in [-0.25, -0.2) is 8.42 Å². The standard InChI is InChI=1S/C16H20BrNO5S/c1-2-18(14-7-8-24(21,22)11-14)15(19)10-23-16(20)9-12-3-5-13(17)6-4-12/h3-6,14H,2,7-11H2,1H3/t14-/m0/s1. The summed E-state index contributed by atoms with van der Waals surface area (Å²) in [4.78, 5) is 25.5. The zero-order valence-corrected chi connectivity index (χ0v) is 15.8. The molecule has 1 amide bonds. The van der Waals surface area contributed by atoms with E-state index in [9.17, 15) is 18.0 Å². The van der Waals surface area contributed by atoms with E-state index in [1.807, 2.05) is 12.1 Å². The fraction of sp³-hybridized carbons (Fsp3) is 0.500. The number of halogens is 1. The lowest BCUT2D eigenvalue weighted by Gasteiger charge is -2.26. The van der Waals surface area contributed by atoms with Gasteiger partial charge >= 0.3 is 5.97 Å². The summed E-state index contributed by atoms with van der Waals surface area (Å²) in [6.45, 7) is 1.82. The van der Waals surface area contributed by atoms with Crippen LogP contribution in [0.1, 0.15) is 18.9 Å². The zero-order valence-electron chi connectivity index (χ0n) is 13.4. The maximum Gasteiger partial charge on any atom is 0.310 e. The molecule has 0 spiro atoms. The third-order valence-corrected chi connectivity index (χ3v) is 6.21. The lowest BCUT2D eigenvalue weighted by Crippen LogP contribution is -2.43. The summed E-state index contributed by atoms with van der Waals surface area (Å²) in [5.74, 6) is -0.756. The van der Waals surface area contributed by atoms with Crippen molar-refractivity contribution in [3.05, 3.63) is 34.3 Å². The Labute approximate surface area is 150 Å². The van der Waals surface area contributed by atoms with Gasteiger partial charge in [0.05, 0.1) is 17.9 Å². The molecule has 6 nitrogen and oxygen atoms in total. The molecule has 1 aliphatic heterocycles. The topological polar surface area (TPSA) is 80.8 Å². The van der Waals surface area contributed by atoms with Crippen LogP contribution >= 0.6 is 15.9 Å². The Kier molecular flexibility index (Phi) is 6.40. The van der Waals surface area contributed by atoms with Gasteiger partial charge < -0.3 is 9.64 Å². The number of esters is 1. The fourth-order valence-corrected chi connectivity index (χ4v) is 4.70. The molecule has 0 aliphatic carbocycles. The first-order valence-corrected chi connectivity index (χ1v) is 10.3. The molecule has 0 saturated carbocycles. The van der Waals surface area contributed by atoms with Crippen molar-refractivity contribution in [1.82, 2.24) is 4.90 Å². The smallest absolute Gasteiger partial charge is 0.310 e. The SMILES string of the molecule is CCN(C(=O)COC(=O)Cc1ccc(Br)cc1)[C@H]1CCS(=O)(=O)C1. The van der Waals surface area contributed by atoms with Crippen LogP contribution in [0.15, 0.2) is 28.7 Å². The molecule has 0 aromatic heterocycles. The molecule has 8 heteroatoms. The number of carbonyl (C=O) groups excluding carboxylic acids is 2. The predicted molar refractivity (Wildman–Crippen MR) is 93.3 cm³/mol. The number of carbonyl (C=O) groups is 2. The Hall–Kier alpha value is -1.41. The number of rotatable bonds is 6. The molecular formula is C16H20BrNO5S. The number of ether oxygens (including phenoxy) is 1. The van der Waals surface area contributed by atoms with Crippen LogP contribution < -0.4 is 0 Å². The maximum absolute atomic E-state index is 12.2. The second kappa shape index (κ2) is 8.11. The van der Waals surface area contributed by atoms with Crippen molar-refractivity contribution in [3.63, 3.8) is 0 Å². The molecule has 2 rings (SSSR count). The van der Waals surface area contributed by atoms with Gasteiger partial charge in [-0.2, -0.15) is 0 Å². The van der Waals surface area contributed by atoms with E-state index in [4.69, 9.17) is 4.74 Å². The molecule has 1 aliphatic rings. The normalized spacial score (nSPS) is 19.0. The molecule has 1 saturated heterocycles. The minimum atomic E-state index is -3.07. The summed E-state index contributed by atoms with van der Waals surface area (Å²) in [5.41, 5.74) is 0.796. The van der Waals surface area contributed by atoms with E-state index in [0.717, 1.165) is 10.0 Å². The molecule has 1 fully saturated rings. The van der Waals surface area contributed by atoms with Crippen molar-refractivity contribution in [1.29, 1.82) is 0 Å². The van der Waals surface area contributed by atoms with Crippen LogP contribution in [0.5, 0.6) is 0 Å². The molecule has 1 aromatic carbocycles. The van der Waals surface area contributed by atoms with Crippen molar-refractivity contribution in [2.24, 2.45) is 0 Å². The van der Waals surface area contributed by atoms with Gasteiger partial charge in [-0.15, -0.1) is 0 Å². The van der Waals surface area contributed by atoms with Crippen molar-refractivity contribution in [2.45, 2.75) is 25.8 Å². The molecule has 0 bridgehead atoms. The van der Waals surface area contributed by atoms with Crippen LogP contribution in [-0.2, 0) is 30.6 Å². The summed E-state index contributed by atoms with van der Waals surface area (Å²) in [7, 11) is -3.07. The molecule has 1 aromatic rings. The number of nitrogens with zero attached hydrogens (tertiary/aromatic N) is 1. The highest BCUT2D eigenvalue weighted by Crippen LogP contribution is 2.18. The Bertz CT molecular complexity index is 702. The monoisotopic (exact) mass is 417 g/mol. The maximum atomic E-state index is 12.2. The summed E-state index contributed by atoms with van der Waals surface area (Å²) >= 11 is 3.32. The van der Waals surface area contributed by atoms with Gasteiger partial charge in [-0.3, -0.25) is 9.59 Å². The Morgan fingerprint density at radius 1 is 1.29 bits per heavy atom.